The minimum atomic E-state index is -0.116. The summed E-state index contributed by atoms with van der Waals surface area (Å²) >= 11 is 0. The highest BCUT2D eigenvalue weighted by atomic mass is 16.7. The second-order valence-corrected chi connectivity index (χ2v) is 3.30. The summed E-state index contributed by atoms with van der Waals surface area (Å²) in [6, 6.07) is 5.90. The van der Waals surface area contributed by atoms with Gasteiger partial charge in [-0.3, -0.25) is 0 Å². The monoisotopic (exact) mass is 194 g/mol. The molecule has 3 heteroatoms. The highest BCUT2D eigenvalue weighted by Crippen LogP contribution is 2.31. The third kappa shape index (κ3) is 1.68. The van der Waals surface area contributed by atoms with Crippen molar-refractivity contribution in [3.05, 3.63) is 23.8 Å². The van der Waals surface area contributed by atoms with Crippen molar-refractivity contribution in [3.63, 3.8) is 0 Å². The molecular formula is C11H14O3. The maximum atomic E-state index is 5.62. The summed E-state index contributed by atoms with van der Waals surface area (Å²) in [4.78, 5) is 0. The van der Waals surface area contributed by atoms with E-state index in [-0.39, 0.29) is 6.29 Å². The molecule has 0 spiro atoms. The van der Waals surface area contributed by atoms with Gasteiger partial charge in [0.05, 0.1) is 7.11 Å². The van der Waals surface area contributed by atoms with Crippen molar-refractivity contribution in [1.82, 2.24) is 0 Å². The first-order valence-corrected chi connectivity index (χ1v) is 4.70. The van der Waals surface area contributed by atoms with Gasteiger partial charge < -0.3 is 14.2 Å². The van der Waals surface area contributed by atoms with E-state index < -0.39 is 0 Å². The third-order valence-electron chi connectivity index (χ3n) is 2.45. The highest BCUT2D eigenvalue weighted by Gasteiger charge is 2.19. The lowest BCUT2D eigenvalue weighted by Crippen LogP contribution is -2.24. The third-order valence-corrected chi connectivity index (χ3v) is 2.45. The molecule has 1 aliphatic heterocycles. The molecule has 1 aliphatic rings. The van der Waals surface area contributed by atoms with Crippen LogP contribution in [-0.4, -0.2) is 20.5 Å². The molecule has 3 nitrogen and oxygen atoms in total. The fraction of sp³-hybridized carbons (Fsp3) is 0.455. The minimum absolute atomic E-state index is 0.116. The molecule has 0 fully saturated rings. The van der Waals surface area contributed by atoms with E-state index in [0.29, 0.717) is 0 Å². The van der Waals surface area contributed by atoms with Gasteiger partial charge in [0.15, 0.2) is 6.29 Å². The molecule has 1 unspecified atom stereocenters. The van der Waals surface area contributed by atoms with Gasteiger partial charge in [0, 0.05) is 19.6 Å². The first-order valence-electron chi connectivity index (χ1n) is 4.70. The molecule has 0 aromatic heterocycles. The largest absolute Gasteiger partial charge is 0.497 e. The number of hydrogen-bond acceptors (Lipinski definition) is 3. The molecule has 1 aromatic carbocycles. The molecular weight excluding hydrogens is 180 g/mol. The number of aryl methyl sites for hydroxylation is 1. The predicted octanol–water partition coefficient (Wildman–Crippen LogP) is 1.99. The van der Waals surface area contributed by atoms with Crippen LogP contribution in [0.5, 0.6) is 11.5 Å². The SMILES string of the molecule is COc1ccc2c(c1)OC(OC)CC2. The van der Waals surface area contributed by atoms with Crippen LogP contribution in [0, 0.1) is 0 Å². The van der Waals surface area contributed by atoms with Gasteiger partial charge in [-0.25, -0.2) is 0 Å². The fourth-order valence-corrected chi connectivity index (χ4v) is 1.62. The van der Waals surface area contributed by atoms with Crippen molar-refractivity contribution in [2.24, 2.45) is 0 Å². The van der Waals surface area contributed by atoms with Gasteiger partial charge in [-0.2, -0.15) is 0 Å². The normalized spacial score (nSPS) is 19.7. The van der Waals surface area contributed by atoms with Crippen molar-refractivity contribution >= 4 is 0 Å². The van der Waals surface area contributed by atoms with Crippen LogP contribution in [0.2, 0.25) is 0 Å². The number of rotatable bonds is 2. The smallest absolute Gasteiger partial charge is 0.199 e. The van der Waals surface area contributed by atoms with E-state index in [4.69, 9.17) is 14.2 Å². The summed E-state index contributed by atoms with van der Waals surface area (Å²) in [6.45, 7) is 0. The summed E-state index contributed by atoms with van der Waals surface area (Å²) in [5.41, 5.74) is 1.22. The molecule has 0 amide bonds. The Morgan fingerprint density at radius 1 is 1.36 bits per heavy atom. The highest BCUT2D eigenvalue weighted by molar-refractivity contribution is 5.41. The van der Waals surface area contributed by atoms with Crippen molar-refractivity contribution in [2.75, 3.05) is 14.2 Å². The van der Waals surface area contributed by atoms with Gasteiger partial charge >= 0.3 is 0 Å². The molecule has 1 heterocycles. The topological polar surface area (TPSA) is 27.7 Å². The number of benzene rings is 1. The van der Waals surface area contributed by atoms with Crippen LogP contribution in [0.25, 0.3) is 0 Å². The zero-order valence-corrected chi connectivity index (χ0v) is 8.45. The standard InChI is InChI=1S/C11H14O3/c1-12-9-5-3-8-4-6-11(13-2)14-10(8)7-9/h3,5,7,11H,4,6H2,1-2H3. The lowest BCUT2D eigenvalue weighted by Gasteiger charge is -2.24. The maximum absolute atomic E-state index is 5.62. The number of fused-ring (bicyclic) bond motifs is 1. The fourth-order valence-electron chi connectivity index (χ4n) is 1.62. The Balaban J connectivity index is 2.25. The summed E-state index contributed by atoms with van der Waals surface area (Å²) in [5, 5.41) is 0. The Kier molecular flexibility index (Phi) is 2.59. The molecule has 0 saturated heterocycles. The van der Waals surface area contributed by atoms with Crippen molar-refractivity contribution in [1.29, 1.82) is 0 Å². The Morgan fingerprint density at radius 3 is 2.93 bits per heavy atom. The van der Waals surface area contributed by atoms with Gasteiger partial charge in [0.2, 0.25) is 0 Å². The van der Waals surface area contributed by atoms with Crippen LogP contribution < -0.4 is 9.47 Å². The van der Waals surface area contributed by atoms with Crippen LogP contribution in [0.1, 0.15) is 12.0 Å². The summed E-state index contributed by atoms with van der Waals surface area (Å²) in [5.74, 6) is 1.70. The Bertz CT molecular complexity index is 322. The lowest BCUT2D eigenvalue weighted by molar-refractivity contribution is -0.0654. The van der Waals surface area contributed by atoms with Crippen LogP contribution in [-0.2, 0) is 11.2 Å². The number of hydrogen-bond donors (Lipinski definition) is 0. The molecule has 0 bridgehead atoms. The van der Waals surface area contributed by atoms with E-state index in [1.807, 2.05) is 18.2 Å². The average molecular weight is 194 g/mol. The molecule has 0 saturated carbocycles. The van der Waals surface area contributed by atoms with Gasteiger partial charge in [0.1, 0.15) is 11.5 Å². The molecule has 2 rings (SSSR count). The summed E-state index contributed by atoms with van der Waals surface area (Å²) in [7, 11) is 3.31. The van der Waals surface area contributed by atoms with Crippen LogP contribution in [0.3, 0.4) is 0 Å². The molecule has 76 valence electrons. The average Bonchev–Trinajstić information content (AvgIpc) is 2.27. The molecule has 1 aromatic rings. The van der Waals surface area contributed by atoms with Crippen molar-refractivity contribution < 1.29 is 14.2 Å². The van der Waals surface area contributed by atoms with Crippen LogP contribution >= 0.6 is 0 Å². The molecule has 0 radical (unpaired) electrons. The van der Waals surface area contributed by atoms with E-state index in [1.54, 1.807) is 14.2 Å². The predicted molar refractivity (Wildman–Crippen MR) is 52.7 cm³/mol. The van der Waals surface area contributed by atoms with E-state index in [1.165, 1.54) is 5.56 Å². The molecule has 0 N–H and O–H groups in total. The Hall–Kier alpha value is -1.22. The van der Waals surface area contributed by atoms with E-state index >= 15 is 0 Å². The molecule has 14 heavy (non-hydrogen) atoms. The summed E-state index contributed by atoms with van der Waals surface area (Å²) in [6.07, 6.45) is 1.79. The minimum Gasteiger partial charge on any atom is -0.497 e. The zero-order chi connectivity index (χ0) is 9.97. The van der Waals surface area contributed by atoms with Gasteiger partial charge in [-0.1, -0.05) is 6.07 Å². The van der Waals surface area contributed by atoms with Crippen LogP contribution in [0.4, 0.5) is 0 Å². The van der Waals surface area contributed by atoms with E-state index in [2.05, 4.69) is 0 Å². The van der Waals surface area contributed by atoms with Gasteiger partial charge in [-0.05, 0) is 18.1 Å². The van der Waals surface area contributed by atoms with Gasteiger partial charge in [-0.15, -0.1) is 0 Å². The van der Waals surface area contributed by atoms with E-state index in [0.717, 1.165) is 24.3 Å². The first-order chi connectivity index (χ1) is 6.83. The zero-order valence-electron chi connectivity index (χ0n) is 8.45. The number of ether oxygens (including phenoxy) is 3. The molecule has 0 aliphatic carbocycles. The second-order valence-electron chi connectivity index (χ2n) is 3.30. The van der Waals surface area contributed by atoms with E-state index in [9.17, 15) is 0 Å². The van der Waals surface area contributed by atoms with Crippen molar-refractivity contribution in [2.45, 2.75) is 19.1 Å². The Morgan fingerprint density at radius 2 is 2.21 bits per heavy atom. The van der Waals surface area contributed by atoms with Crippen LogP contribution in [0.15, 0.2) is 18.2 Å². The maximum Gasteiger partial charge on any atom is 0.199 e. The summed E-state index contributed by atoms with van der Waals surface area (Å²) < 4.78 is 15.9. The van der Waals surface area contributed by atoms with Gasteiger partial charge in [0.25, 0.3) is 0 Å². The Labute approximate surface area is 83.6 Å². The molecule has 1 atom stereocenters. The van der Waals surface area contributed by atoms with Crippen molar-refractivity contribution in [3.8, 4) is 11.5 Å². The number of methoxy groups -OCH3 is 2. The second kappa shape index (κ2) is 3.88. The first kappa shape index (κ1) is 9.34. The lowest BCUT2D eigenvalue weighted by atomic mass is 10.1. The quantitative estimate of drug-likeness (QED) is 0.720.